The van der Waals surface area contributed by atoms with Crippen LogP contribution in [-0.2, 0) is 17.8 Å². The van der Waals surface area contributed by atoms with Gasteiger partial charge in [0.1, 0.15) is 0 Å². The second-order valence-corrected chi connectivity index (χ2v) is 5.23. The number of hydrogen-bond donors (Lipinski definition) is 2. The van der Waals surface area contributed by atoms with Crippen LogP contribution in [0.15, 0.2) is 48.5 Å². The van der Waals surface area contributed by atoms with Crippen molar-refractivity contribution in [2.45, 2.75) is 26.8 Å². The predicted octanol–water partition coefficient (Wildman–Crippen LogP) is 3.29. The Kier molecular flexibility index (Phi) is 5.52. The molecular formula is C18H22N2O. The van der Waals surface area contributed by atoms with Gasteiger partial charge in [0.2, 0.25) is 5.91 Å². The van der Waals surface area contributed by atoms with E-state index in [4.69, 9.17) is 0 Å². The number of hydrogen-bond acceptors (Lipinski definition) is 2. The van der Waals surface area contributed by atoms with Gasteiger partial charge >= 0.3 is 0 Å². The lowest BCUT2D eigenvalue weighted by molar-refractivity contribution is -0.114. The molecule has 0 aliphatic carbocycles. The molecule has 21 heavy (non-hydrogen) atoms. The Morgan fingerprint density at radius 3 is 2.43 bits per heavy atom. The van der Waals surface area contributed by atoms with Crippen molar-refractivity contribution in [3.05, 3.63) is 65.2 Å². The summed E-state index contributed by atoms with van der Waals surface area (Å²) >= 11 is 0. The predicted molar refractivity (Wildman–Crippen MR) is 87.3 cm³/mol. The molecule has 2 aromatic carbocycles. The van der Waals surface area contributed by atoms with E-state index in [9.17, 15) is 4.79 Å². The summed E-state index contributed by atoms with van der Waals surface area (Å²) in [4.78, 5) is 10.9. The van der Waals surface area contributed by atoms with E-state index in [0.717, 1.165) is 25.2 Å². The minimum Gasteiger partial charge on any atom is -0.326 e. The van der Waals surface area contributed by atoms with Crippen molar-refractivity contribution in [1.29, 1.82) is 0 Å². The first-order valence-corrected chi connectivity index (χ1v) is 7.27. The van der Waals surface area contributed by atoms with Gasteiger partial charge < -0.3 is 10.6 Å². The molecule has 0 fully saturated rings. The van der Waals surface area contributed by atoms with Crippen LogP contribution in [0.4, 0.5) is 5.69 Å². The fraction of sp³-hybridized carbons (Fsp3) is 0.278. The summed E-state index contributed by atoms with van der Waals surface area (Å²) in [6, 6.07) is 16.4. The largest absolute Gasteiger partial charge is 0.326 e. The van der Waals surface area contributed by atoms with Crippen molar-refractivity contribution in [3.8, 4) is 0 Å². The Hall–Kier alpha value is -2.13. The summed E-state index contributed by atoms with van der Waals surface area (Å²) in [6.45, 7) is 5.46. The van der Waals surface area contributed by atoms with E-state index in [1.54, 1.807) is 0 Å². The molecular weight excluding hydrogens is 260 g/mol. The van der Waals surface area contributed by atoms with Crippen LogP contribution in [0.3, 0.4) is 0 Å². The van der Waals surface area contributed by atoms with Crippen molar-refractivity contribution in [2.75, 3.05) is 11.9 Å². The third-order valence-electron chi connectivity index (χ3n) is 3.44. The average Bonchev–Trinajstić information content (AvgIpc) is 2.46. The van der Waals surface area contributed by atoms with Gasteiger partial charge in [-0.15, -0.1) is 0 Å². The number of carbonyl (C=O) groups is 1. The van der Waals surface area contributed by atoms with Crippen molar-refractivity contribution in [1.82, 2.24) is 5.32 Å². The quantitative estimate of drug-likeness (QED) is 0.798. The third-order valence-corrected chi connectivity index (χ3v) is 3.44. The standard InChI is InChI=1S/C18H22N2O/c1-14-5-3-4-6-17(14)11-12-19-13-16-7-9-18(10-8-16)20-15(2)21/h3-10,19H,11-13H2,1-2H3,(H,20,21). The maximum Gasteiger partial charge on any atom is 0.221 e. The molecule has 2 rings (SSSR count). The number of nitrogens with one attached hydrogen (secondary N) is 2. The van der Waals surface area contributed by atoms with Gasteiger partial charge in [0.15, 0.2) is 0 Å². The molecule has 3 nitrogen and oxygen atoms in total. The summed E-state index contributed by atoms with van der Waals surface area (Å²) in [7, 11) is 0. The Morgan fingerprint density at radius 2 is 1.76 bits per heavy atom. The normalized spacial score (nSPS) is 10.4. The molecule has 0 atom stereocenters. The Bertz CT molecular complexity index is 590. The smallest absolute Gasteiger partial charge is 0.221 e. The Labute approximate surface area is 126 Å². The molecule has 0 spiro atoms. The lowest BCUT2D eigenvalue weighted by Crippen LogP contribution is -2.17. The average molecular weight is 282 g/mol. The van der Waals surface area contributed by atoms with Gasteiger partial charge in [-0.2, -0.15) is 0 Å². The highest BCUT2D eigenvalue weighted by Crippen LogP contribution is 2.10. The molecule has 0 bridgehead atoms. The maximum atomic E-state index is 10.9. The minimum atomic E-state index is -0.0425. The van der Waals surface area contributed by atoms with E-state index in [0.29, 0.717) is 0 Å². The van der Waals surface area contributed by atoms with E-state index in [-0.39, 0.29) is 5.91 Å². The molecule has 0 saturated heterocycles. The molecule has 0 aliphatic heterocycles. The van der Waals surface area contributed by atoms with E-state index in [2.05, 4.69) is 41.8 Å². The van der Waals surface area contributed by atoms with Crippen molar-refractivity contribution in [3.63, 3.8) is 0 Å². The molecule has 2 N–H and O–H groups in total. The summed E-state index contributed by atoms with van der Waals surface area (Å²) in [5, 5.41) is 6.22. The Balaban J connectivity index is 1.76. The number of benzene rings is 2. The van der Waals surface area contributed by atoms with Gasteiger partial charge in [-0.3, -0.25) is 4.79 Å². The van der Waals surface area contributed by atoms with E-state index in [1.807, 2.05) is 24.3 Å². The molecule has 0 saturated carbocycles. The van der Waals surface area contributed by atoms with Gasteiger partial charge in [0.25, 0.3) is 0 Å². The van der Waals surface area contributed by atoms with Gasteiger partial charge in [-0.25, -0.2) is 0 Å². The molecule has 0 unspecified atom stereocenters. The molecule has 1 amide bonds. The SMILES string of the molecule is CC(=O)Nc1ccc(CNCCc2ccccc2C)cc1. The lowest BCUT2D eigenvalue weighted by atomic mass is 10.1. The van der Waals surface area contributed by atoms with Gasteiger partial charge in [-0.05, 0) is 48.7 Å². The van der Waals surface area contributed by atoms with Crippen molar-refractivity contribution < 1.29 is 4.79 Å². The lowest BCUT2D eigenvalue weighted by Gasteiger charge is -2.08. The van der Waals surface area contributed by atoms with Crippen LogP contribution in [0.25, 0.3) is 0 Å². The van der Waals surface area contributed by atoms with Crippen molar-refractivity contribution >= 4 is 11.6 Å². The van der Waals surface area contributed by atoms with Gasteiger partial charge in [0.05, 0.1) is 0 Å². The number of carbonyl (C=O) groups excluding carboxylic acids is 1. The molecule has 3 heteroatoms. The molecule has 0 heterocycles. The first kappa shape index (κ1) is 15.3. The van der Waals surface area contributed by atoms with Gasteiger partial charge in [-0.1, -0.05) is 36.4 Å². The second-order valence-electron chi connectivity index (χ2n) is 5.23. The number of rotatable bonds is 6. The first-order valence-electron chi connectivity index (χ1n) is 7.27. The summed E-state index contributed by atoms with van der Waals surface area (Å²) in [5.74, 6) is -0.0425. The van der Waals surface area contributed by atoms with Crippen LogP contribution in [0, 0.1) is 6.92 Å². The molecule has 2 aromatic rings. The molecule has 0 aromatic heterocycles. The third kappa shape index (κ3) is 5.04. The second kappa shape index (κ2) is 7.60. The zero-order valence-electron chi connectivity index (χ0n) is 12.6. The summed E-state index contributed by atoms with van der Waals surface area (Å²) < 4.78 is 0. The van der Waals surface area contributed by atoms with Crippen LogP contribution in [0.1, 0.15) is 23.6 Å². The van der Waals surface area contributed by atoms with Crippen LogP contribution in [-0.4, -0.2) is 12.5 Å². The van der Waals surface area contributed by atoms with Crippen molar-refractivity contribution in [2.24, 2.45) is 0 Å². The van der Waals surface area contributed by atoms with Crippen LogP contribution in [0.2, 0.25) is 0 Å². The van der Waals surface area contributed by atoms with Gasteiger partial charge in [0, 0.05) is 19.2 Å². The topological polar surface area (TPSA) is 41.1 Å². The highest BCUT2D eigenvalue weighted by atomic mass is 16.1. The summed E-state index contributed by atoms with van der Waals surface area (Å²) in [5.41, 5.74) is 4.80. The maximum absolute atomic E-state index is 10.9. The molecule has 0 radical (unpaired) electrons. The van der Waals surface area contributed by atoms with E-state index < -0.39 is 0 Å². The van der Waals surface area contributed by atoms with Crippen LogP contribution >= 0.6 is 0 Å². The zero-order valence-corrected chi connectivity index (χ0v) is 12.6. The number of aryl methyl sites for hydroxylation is 1. The highest BCUT2D eigenvalue weighted by Gasteiger charge is 1.98. The van der Waals surface area contributed by atoms with E-state index >= 15 is 0 Å². The van der Waals surface area contributed by atoms with Crippen LogP contribution < -0.4 is 10.6 Å². The number of anilines is 1. The first-order chi connectivity index (χ1) is 10.1. The van der Waals surface area contributed by atoms with Crippen LogP contribution in [0.5, 0.6) is 0 Å². The highest BCUT2D eigenvalue weighted by molar-refractivity contribution is 5.88. The fourth-order valence-electron chi connectivity index (χ4n) is 2.26. The fourth-order valence-corrected chi connectivity index (χ4v) is 2.26. The Morgan fingerprint density at radius 1 is 1.05 bits per heavy atom. The number of amides is 1. The van der Waals surface area contributed by atoms with E-state index in [1.165, 1.54) is 23.6 Å². The monoisotopic (exact) mass is 282 g/mol. The summed E-state index contributed by atoms with van der Waals surface area (Å²) in [6.07, 6.45) is 1.04. The zero-order chi connectivity index (χ0) is 15.1. The molecule has 0 aliphatic rings. The minimum absolute atomic E-state index is 0.0425. The molecule has 110 valence electrons.